The molecule has 42 heavy (non-hydrogen) atoms. The summed E-state index contributed by atoms with van der Waals surface area (Å²) < 4.78 is 2.29. The lowest BCUT2D eigenvalue weighted by Gasteiger charge is -2.28. The smallest absolute Gasteiger partial charge is 0.145 e. The summed E-state index contributed by atoms with van der Waals surface area (Å²) in [6.07, 6.45) is 7.34. The van der Waals surface area contributed by atoms with Crippen LogP contribution in [-0.2, 0) is 5.41 Å². The van der Waals surface area contributed by atoms with E-state index in [9.17, 15) is 0 Å². The Balaban J connectivity index is 1.41. The molecule has 0 fully saturated rings. The normalized spacial score (nSPS) is 18.2. The number of nitrogens with zero attached hydrogens (tertiary/aromatic N) is 2. The minimum Gasteiger partial charge on any atom is -0.292 e. The van der Waals surface area contributed by atoms with Crippen LogP contribution < -0.4 is 0 Å². The van der Waals surface area contributed by atoms with E-state index in [2.05, 4.69) is 155 Å². The van der Waals surface area contributed by atoms with Crippen LogP contribution >= 0.6 is 11.8 Å². The van der Waals surface area contributed by atoms with Crippen LogP contribution in [0, 0.1) is 5.41 Å². The van der Waals surface area contributed by atoms with Gasteiger partial charge in [-0.15, -0.1) is 11.8 Å². The maximum atomic E-state index is 5.15. The van der Waals surface area contributed by atoms with Crippen molar-refractivity contribution in [3.05, 3.63) is 126 Å². The van der Waals surface area contributed by atoms with Crippen LogP contribution in [0.1, 0.15) is 58.6 Å². The maximum Gasteiger partial charge on any atom is 0.145 e. The lowest BCUT2D eigenvalue weighted by atomic mass is 9.77. The van der Waals surface area contributed by atoms with Crippen molar-refractivity contribution in [3.63, 3.8) is 0 Å². The molecule has 1 aliphatic heterocycles. The third-order valence-corrected chi connectivity index (χ3v) is 10.1. The van der Waals surface area contributed by atoms with E-state index in [1.165, 1.54) is 32.7 Å². The van der Waals surface area contributed by atoms with Crippen molar-refractivity contribution in [2.45, 2.75) is 63.0 Å². The predicted molar refractivity (Wildman–Crippen MR) is 180 cm³/mol. The molecule has 4 aromatic carbocycles. The SMILES string of the molecule is CC(C)(C)C1=CC2c3cc(C(C)(C)C)cc(-c4cccc(-c5nc6ccccc6n5-c5ccccc5)c4)c3SC2C=C1. The zero-order valence-electron chi connectivity index (χ0n) is 25.3. The Morgan fingerprint density at radius 2 is 1.48 bits per heavy atom. The Labute approximate surface area is 254 Å². The standard InChI is InChI=1S/C39H38N2S/c1-38(2,3)27-19-20-35-31(22-27)32-24-28(39(4,5)6)23-30(36(32)42-35)25-13-12-14-26(21-25)37-40-33-17-10-11-18-34(33)41(37)29-15-8-7-9-16-29/h7-24,31,35H,1-6H3. The number of allylic oxidation sites excluding steroid dienone is 3. The molecule has 0 saturated carbocycles. The molecule has 2 atom stereocenters. The number of para-hydroxylation sites is 3. The molecular weight excluding hydrogens is 529 g/mol. The van der Waals surface area contributed by atoms with Gasteiger partial charge in [-0.25, -0.2) is 4.98 Å². The van der Waals surface area contributed by atoms with Crippen molar-refractivity contribution >= 4 is 22.8 Å². The molecule has 2 aliphatic rings. The number of fused-ring (bicyclic) bond motifs is 4. The number of benzene rings is 4. The highest BCUT2D eigenvalue weighted by Gasteiger charge is 2.37. The van der Waals surface area contributed by atoms with E-state index in [4.69, 9.17) is 4.98 Å². The maximum absolute atomic E-state index is 5.15. The fourth-order valence-electron chi connectivity index (χ4n) is 6.24. The van der Waals surface area contributed by atoms with Crippen LogP contribution in [0.5, 0.6) is 0 Å². The van der Waals surface area contributed by atoms with Gasteiger partial charge in [0, 0.05) is 27.3 Å². The van der Waals surface area contributed by atoms with Gasteiger partial charge in [0.2, 0.25) is 0 Å². The van der Waals surface area contributed by atoms with Gasteiger partial charge in [0.25, 0.3) is 0 Å². The van der Waals surface area contributed by atoms with Gasteiger partial charge in [-0.05, 0) is 75.1 Å². The average molecular weight is 567 g/mol. The fourth-order valence-corrected chi connectivity index (χ4v) is 7.68. The quantitative estimate of drug-likeness (QED) is 0.216. The molecule has 0 radical (unpaired) electrons. The van der Waals surface area contributed by atoms with Crippen LogP contribution in [0.4, 0.5) is 0 Å². The molecule has 0 bridgehead atoms. The molecular formula is C39H38N2S. The highest BCUT2D eigenvalue weighted by Crippen LogP contribution is 2.54. The third kappa shape index (κ3) is 4.65. The van der Waals surface area contributed by atoms with Crippen molar-refractivity contribution in [1.82, 2.24) is 9.55 Å². The van der Waals surface area contributed by atoms with Crippen LogP contribution in [0.3, 0.4) is 0 Å². The summed E-state index contributed by atoms with van der Waals surface area (Å²) in [4.78, 5) is 6.57. The van der Waals surface area contributed by atoms with Crippen molar-refractivity contribution in [1.29, 1.82) is 0 Å². The van der Waals surface area contributed by atoms with Gasteiger partial charge in [0.15, 0.2) is 0 Å². The predicted octanol–water partition coefficient (Wildman–Crippen LogP) is 10.8. The Morgan fingerprint density at radius 3 is 2.24 bits per heavy atom. The molecule has 5 aromatic rings. The first-order chi connectivity index (χ1) is 20.1. The Morgan fingerprint density at radius 1 is 0.738 bits per heavy atom. The Bertz CT molecular complexity index is 1880. The second kappa shape index (κ2) is 9.88. The van der Waals surface area contributed by atoms with Crippen LogP contribution in [0.15, 0.2) is 120 Å². The summed E-state index contributed by atoms with van der Waals surface area (Å²) in [5, 5.41) is 0.436. The molecule has 210 valence electrons. The summed E-state index contributed by atoms with van der Waals surface area (Å²) in [5.74, 6) is 1.37. The first-order valence-corrected chi connectivity index (χ1v) is 15.9. The van der Waals surface area contributed by atoms with E-state index >= 15 is 0 Å². The van der Waals surface area contributed by atoms with E-state index in [-0.39, 0.29) is 10.8 Å². The highest BCUT2D eigenvalue weighted by molar-refractivity contribution is 8.00. The number of hydrogen-bond donors (Lipinski definition) is 0. The van der Waals surface area contributed by atoms with Gasteiger partial charge in [-0.3, -0.25) is 4.57 Å². The third-order valence-electron chi connectivity index (χ3n) is 8.65. The second-order valence-electron chi connectivity index (χ2n) is 13.7. The number of imidazole rings is 1. The first-order valence-electron chi connectivity index (χ1n) is 15.0. The largest absolute Gasteiger partial charge is 0.292 e. The number of thioether (sulfide) groups is 1. The zero-order valence-corrected chi connectivity index (χ0v) is 26.2. The molecule has 0 spiro atoms. The van der Waals surface area contributed by atoms with Crippen LogP contribution in [0.2, 0.25) is 0 Å². The first kappa shape index (κ1) is 27.0. The van der Waals surface area contributed by atoms with Gasteiger partial charge in [0.1, 0.15) is 5.82 Å². The van der Waals surface area contributed by atoms with Crippen LogP contribution in [0.25, 0.3) is 39.2 Å². The van der Waals surface area contributed by atoms with Crippen molar-refractivity contribution in [2.75, 3.05) is 0 Å². The average Bonchev–Trinajstić information content (AvgIpc) is 3.55. The van der Waals surface area contributed by atoms with Gasteiger partial charge in [0.05, 0.1) is 11.0 Å². The molecule has 1 aliphatic carbocycles. The van der Waals surface area contributed by atoms with Gasteiger partial charge in [-0.2, -0.15) is 0 Å². The van der Waals surface area contributed by atoms with E-state index < -0.39 is 0 Å². The summed E-state index contributed by atoms with van der Waals surface area (Å²) >= 11 is 2.03. The second-order valence-corrected chi connectivity index (χ2v) is 14.9. The van der Waals surface area contributed by atoms with Gasteiger partial charge < -0.3 is 0 Å². The van der Waals surface area contributed by atoms with Gasteiger partial charge in [-0.1, -0.05) is 114 Å². The minimum atomic E-state index is 0.0481. The molecule has 0 N–H and O–H groups in total. The number of aromatic nitrogens is 2. The topological polar surface area (TPSA) is 17.8 Å². The van der Waals surface area contributed by atoms with E-state index in [0.717, 1.165) is 28.1 Å². The molecule has 0 amide bonds. The Hall–Kier alpha value is -3.82. The van der Waals surface area contributed by atoms with E-state index in [1.807, 2.05) is 11.8 Å². The molecule has 2 nitrogen and oxygen atoms in total. The summed E-state index contributed by atoms with van der Waals surface area (Å²) in [6.45, 7) is 13.9. The molecule has 3 heteroatoms. The summed E-state index contributed by atoms with van der Waals surface area (Å²) in [7, 11) is 0. The molecule has 2 unspecified atom stereocenters. The van der Waals surface area contributed by atoms with Crippen molar-refractivity contribution in [3.8, 4) is 28.2 Å². The van der Waals surface area contributed by atoms with Crippen molar-refractivity contribution in [2.24, 2.45) is 5.41 Å². The lowest BCUT2D eigenvalue weighted by Crippen LogP contribution is -2.17. The Kier molecular flexibility index (Phi) is 6.36. The molecule has 2 heterocycles. The number of hydrogen-bond acceptors (Lipinski definition) is 2. The minimum absolute atomic E-state index is 0.0481. The van der Waals surface area contributed by atoms with Gasteiger partial charge >= 0.3 is 0 Å². The van der Waals surface area contributed by atoms with E-state index in [1.54, 1.807) is 0 Å². The van der Waals surface area contributed by atoms with Crippen LogP contribution in [-0.4, -0.2) is 14.8 Å². The molecule has 0 saturated heterocycles. The molecule has 1 aromatic heterocycles. The summed E-state index contributed by atoms with van der Waals surface area (Å²) in [5.41, 5.74) is 11.4. The fraction of sp³-hybridized carbons (Fsp3) is 0.256. The number of rotatable bonds is 3. The molecule has 7 rings (SSSR count). The highest BCUT2D eigenvalue weighted by atomic mass is 32.2. The summed E-state index contributed by atoms with van der Waals surface area (Å²) in [6, 6.07) is 32.9. The van der Waals surface area contributed by atoms with Crippen molar-refractivity contribution < 1.29 is 0 Å². The monoisotopic (exact) mass is 566 g/mol. The lowest BCUT2D eigenvalue weighted by molar-refractivity contribution is 0.510. The zero-order chi connectivity index (χ0) is 29.2. The van der Waals surface area contributed by atoms with E-state index in [0.29, 0.717) is 11.2 Å².